The lowest BCUT2D eigenvalue weighted by molar-refractivity contribution is 0.548. The van der Waals surface area contributed by atoms with Crippen LogP contribution in [0.25, 0.3) is 16.7 Å². The maximum absolute atomic E-state index is 4.93. The molecule has 1 aliphatic heterocycles. The largest absolute Gasteiger partial charge is 0.365 e. The predicted molar refractivity (Wildman–Crippen MR) is 108 cm³/mol. The van der Waals surface area contributed by atoms with Gasteiger partial charge in [-0.2, -0.15) is 0 Å². The number of hydrogen-bond acceptors (Lipinski definition) is 5. The van der Waals surface area contributed by atoms with Crippen molar-refractivity contribution in [1.82, 2.24) is 19.6 Å². The molecule has 6 nitrogen and oxygen atoms in total. The first-order valence-electron chi connectivity index (χ1n) is 9.37. The molecule has 0 radical (unpaired) electrons. The molecule has 4 aromatic rings. The zero-order valence-electron chi connectivity index (χ0n) is 15.6. The lowest BCUT2D eigenvalue weighted by Crippen LogP contribution is -2.52. The summed E-state index contributed by atoms with van der Waals surface area (Å²) in [5, 5.41) is 8.48. The van der Waals surface area contributed by atoms with Gasteiger partial charge in [0.2, 0.25) is 5.65 Å². The van der Waals surface area contributed by atoms with Crippen LogP contribution in [-0.2, 0) is 0 Å². The molecule has 0 unspecified atom stereocenters. The van der Waals surface area contributed by atoms with Crippen molar-refractivity contribution in [2.75, 3.05) is 29.4 Å². The average Bonchev–Trinajstić information content (AvgIpc) is 3.18. The molecule has 27 heavy (non-hydrogen) atoms. The summed E-state index contributed by atoms with van der Waals surface area (Å²) in [7, 11) is 0. The van der Waals surface area contributed by atoms with Crippen LogP contribution in [0.2, 0.25) is 0 Å². The highest BCUT2D eigenvalue weighted by atomic mass is 15.3. The normalized spacial score (nSPS) is 17.8. The Morgan fingerprint density at radius 3 is 2.63 bits per heavy atom. The zero-order chi connectivity index (χ0) is 18.4. The third-order valence-electron chi connectivity index (χ3n) is 5.41. The van der Waals surface area contributed by atoms with E-state index in [1.54, 1.807) is 6.33 Å². The lowest BCUT2D eigenvalue weighted by Gasteiger charge is -2.41. The minimum absolute atomic E-state index is 0.387. The second-order valence-electron chi connectivity index (χ2n) is 7.27. The van der Waals surface area contributed by atoms with Crippen molar-refractivity contribution >= 4 is 28.2 Å². The van der Waals surface area contributed by atoms with Crippen LogP contribution in [0.3, 0.4) is 0 Å². The van der Waals surface area contributed by atoms with Crippen LogP contribution in [-0.4, -0.2) is 45.3 Å². The maximum Gasteiger partial charge on any atom is 0.204 e. The highest BCUT2D eigenvalue weighted by molar-refractivity contribution is 5.83. The Bertz CT molecular complexity index is 1100. The molecule has 0 aliphatic carbocycles. The van der Waals surface area contributed by atoms with Crippen LogP contribution in [0, 0.1) is 6.92 Å². The standard InChI is InChI=1S/C21H22N6/c1-15-7-9-17(10-8-15)26-12-11-25(13-16(26)2)20-21-24-22-14-27(21)19-6-4-3-5-18(19)23-20/h3-10,14,16H,11-13H2,1-2H3/t16-/m0/s1. The fourth-order valence-electron chi connectivity index (χ4n) is 3.97. The fraction of sp³-hybridized carbons (Fsp3) is 0.286. The molecule has 0 N–H and O–H groups in total. The number of rotatable bonds is 2. The molecular formula is C21H22N6. The topological polar surface area (TPSA) is 49.6 Å². The van der Waals surface area contributed by atoms with Crippen LogP contribution < -0.4 is 9.80 Å². The van der Waals surface area contributed by atoms with E-state index in [1.807, 2.05) is 22.6 Å². The van der Waals surface area contributed by atoms with Gasteiger partial charge in [0.25, 0.3) is 0 Å². The molecule has 3 heterocycles. The van der Waals surface area contributed by atoms with Crippen LogP contribution in [0.1, 0.15) is 12.5 Å². The number of anilines is 2. The Kier molecular flexibility index (Phi) is 3.70. The molecule has 1 aliphatic rings. The molecule has 1 saturated heterocycles. The van der Waals surface area contributed by atoms with Gasteiger partial charge >= 0.3 is 0 Å². The van der Waals surface area contributed by atoms with E-state index in [1.165, 1.54) is 11.3 Å². The van der Waals surface area contributed by atoms with Crippen molar-refractivity contribution in [1.29, 1.82) is 0 Å². The molecule has 5 rings (SSSR count). The molecule has 0 amide bonds. The van der Waals surface area contributed by atoms with Gasteiger partial charge in [0.1, 0.15) is 6.33 Å². The molecule has 136 valence electrons. The fourth-order valence-corrected chi connectivity index (χ4v) is 3.97. The third-order valence-corrected chi connectivity index (χ3v) is 5.41. The molecule has 0 bridgehead atoms. The van der Waals surface area contributed by atoms with Crippen molar-refractivity contribution in [3.05, 3.63) is 60.4 Å². The Morgan fingerprint density at radius 2 is 1.81 bits per heavy atom. The van der Waals surface area contributed by atoms with Crippen LogP contribution in [0.5, 0.6) is 0 Å². The predicted octanol–water partition coefficient (Wildman–Crippen LogP) is 3.30. The molecule has 0 saturated carbocycles. The van der Waals surface area contributed by atoms with Gasteiger partial charge in [0, 0.05) is 31.4 Å². The van der Waals surface area contributed by atoms with Gasteiger partial charge in [-0.3, -0.25) is 4.40 Å². The summed E-state index contributed by atoms with van der Waals surface area (Å²) in [5.74, 6) is 0.918. The summed E-state index contributed by atoms with van der Waals surface area (Å²) in [6, 6.07) is 17.3. The summed E-state index contributed by atoms with van der Waals surface area (Å²) < 4.78 is 2.04. The number of benzene rings is 2. The number of aryl methyl sites for hydroxylation is 1. The number of hydrogen-bond donors (Lipinski definition) is 0. The first-order chi connectivity index (χ1) is 13.2. The Hall–Kier alpha value is -3.15. The van der Waals surface area contributed by atoms with Crippen LogP contribution in [0.4, 0.5) is 11.5 Å². The van der Waals surface area contributed by atoms with Crippen LogP contribution >= 0.6 is 0 Å². The minimum atomic E-state index is 0.387. The van der Waals surface area contributed by atoms with E-state index < -0.39 is 0 Å². The Labute approximate surface area is 158 Å². The summed E-state index contributed by atoms with van der Waals surface area (Å²) in [4.78, 5) is 9.74. The van der Waals surface area contributed by atoms with Crippen LogP contribution in [0.15, 0.2) is 54.9 Å². The summed E-state index contributed by atoms with van der Waals surface area (Å²) in [5.41, 5.74) is 5.40. The molecular weight excluding hydrogens is 336 g/mol. The number of fused-ring (bicyclic) bond motifs is 3. The molecule has 6 heteroatoms. The second-order valence-corrected chi connectivity index (χ2v) is 7.27. The van der Waals surface area contributed by atoms with Gasteiger partial charge in [0.15, 0.2) is 5.82 Å². The molecule has 0 spiro atoms. The van der Waals surface area contributed by atoms with E-state index in [0.29, 0.717) is 6.04 Å². The van der Waals surface area contributed by atoms with Crippen molar-refractivity contribution < 1.29 is 0 Å². The smallest absolute Gasteiger partial charge is 0.204 e. The summed E-state index contributed by atoms with van der Waals surface area (Å²) in [6.45, 7) is 7.17. The molecule has 1 atom stereocenters. The van der Waals surface area contributed by atoms with E-state index >= 15 is 0 Å². The first-order valence-corrected chi connectivity index (χ1v) is 9.37. The SMILES string of the molecule is Cc1ccc(N2CCN(c3nc4ccccc4n4cnnc34)C[C@@H]2C)cc1. The van der Waals surface area contributed by atoms with E-state index in [2.05, 4.69) is 64.2 Å². The molecule has 2 aromatic carbocycles. The minimum Gasteiger partial charge on any atom is -0.365 e. The molecule has 1 fully saturated rings. The Morgan fingerprint density at radius 1 is 1.00 bits per heavy atom. The number of piperazine rings is 1. The zero-order valence-corrected chi connectivity index (χ0v) is 15.6. The second kappa shape index (κ2) is 6.23. The summed E-state index contributed by atoms with van der Waals surface area (Å²) >= 11 is 0. The molecule has 2 aromatic heterocycles. The number of para-hydroxylation sites is 2. The van der Waals surface area contributed by atoms with Gasteiger partial charge in [-0.05, 0) is 38.1 Å². The van der Waals surface area contributed by atoms with Crippen molar-refractivity contribution in [3.8, 4) is 0 Å². The van der Waals surface area contributed by atoms with Crippen molar-refractivity contribution in [2.24, 2.45) is 0 Å². The van der Waals surface area contributed by atoms with Gasteiger partial charge in [0.05, 0.1) is 11.0 Å². The quantitative estimate of drug-likeness (QED) is 0.550. The van der Waals surface area contributed by atoms with Crippen molar-refractivity contribution in [2.45, 2.75) is 19.9 Å². The van der Waals surface area contributed by atoms with Gasteiger partial charge in [-0.1, -0.05) is 29.8 Å². The maximum atomic E-state index is 4.93. The summed E-state index contributed by atoms with van der Waals surface area (Å²) in [6.07, 6.45) is 1.77. The monoisotopic (exact) mass is 358 g/mol. The average molecular weight is 358 g/mol. The first kappa shape index (κ1) is 16.1. The number of aromatic nitrogens is 4. The van der Waals surface area contributed by atoms with Gasteiger partial charge in [-0.15, -0.1) is 10.2 Å². The highest BCUT2D eigenvalue weighted by Crippen LogP contribution is 2.27. The number of nitrogens with zero attached hydrogens (tertiary/aromatic N) is 6. The van der Waals surface area contributed by atoms with E-state index in [-0.39, 0.29) is 0 Å². The van der Waals surface area contributed by atoms with Gasteiger partial charge < -0.3 is 9.80 Å². The Balaban J connectivity index is 1.49. The van der Waals surface area contributed by atoms with Crippen molar-refractivity contribution in [3.63, 3.8) is 0 Å². The van der Waals surface area contributed by atoms with E-state index in [4.69, 9.17) is 4.98 Å². The lowest BCUT2D eigenvalue weighted by atomic mass is 10.1. The van der Waals surface area contributed by atoms with Gasteiger partial charge in [-0.25, -0.2) is 4.98 Å². The van der Waals surface area contributed by atoms with E-state index in [9.17, 15) is 0 Å². The van der Waals surface area contributed by atoms with E-state index in [0.717, 1.165) is 42.1 Å². The highest BCUT2D eigenvalue weighted by Gasteiger charge is 2.27. The third kappa shape index (κ3) is 2.68.